The number of carbonyl (C=O) groups excluding carboxylic acids is 1. The first kappa shape index (κ1) is 17.3. The van der Waals surface area contributed by atoms with Crippen LogP contribution >= 0.6 is 0 Å². The Balaban J connectivity index is 1.82. The van der Waals surface area contributed by atoms with Gasteiger partial charge in [0.1, 0.15) is 0 Å². The van der Waals surface area contributed by atoms with Crippen LogP contribution in [0, 0.1) is 0 Å². The minimum atomic E-state index is -1.67. The average molecular weight is 355 g/mol. The van der Waals surface area contributed by atoms with E-state index in [2.05, 4.69) is 6.58 Å². The van der Waals surface area contributed by atoms with Crippen LogP contribution in [-0.4, -0.2) is 11.0 Å². The highest BCUT2D eigenvalue weighted by atomic mass is 16.3. The van der Waals surface area contributed by atoms with E-state index >= 15 is 0 Å². The van der Waals surface area contributed by atoms with Crippen molar-refractivity contribution in [2.75, 3.05) is 4.90 Å². The Labute approximate surface area is 159 Å². The molecule has 4 rings (SSSR count). The Kier molecular flexibility index (Phi) is 4.38. The molecule has 0 saturated carbocycles. The minimum absolute atomic E-state index is 0.318. The van der Waals surface area contributed by atoms with Crippen LogP contribution < -0.4 is 4.90 Å². The molecule has 0 aliphatic carbocycles. The number of fused-ring (bicyclic) bond motifs is 1. The summed E-state index contributed by atoms with van der Waals surface area (Å²) >= 11 is 0. The lowest BCUT2D eigenvalue weighted by Crippen LogP contribution is -2.44. The Morgan fingerprint density at radius 3 is 2.19 bits per heavy atom. The zero-order chi connectivity index (χ0) is 18.9. The molecule has 2 atom stereocenters. The number of hydrogen-bond donors (Lipinski definition) is 1. The minimum Gasteiger partial charge on any atom is -0.374 e. The molecule has 3 heteroatoms. The van der Waals surface area contributed by atoms with E-state index in [0.29, 0.717) is 12.1 Å². The standard InChI is InChI=1S/C24H21NO2/c1-2-20(19-13-7-4-8-14-19)24(27)21-15-9-10-16-22(21)25(23(24)26)17-18-11-5-3-6-12-18/h2-16,20,27H,1,17H2/t20-,24-/m1/s1. The van der Waals surface area contributed by atoms with Crippen LogP contribution in [0.1, 0.15) is 22.6 Å². The number of hydrogen-bond acceptors (Lipinski definition) is 2. The highest BCUT2D eigenvalue weighted by Gasteiger charge is 2.54. The molecule has 1 N–H and O–H groups in total. The van der Waals surface area contributed by atoms with Gasteiger partial charge < -0.3 is 10.0 Å². The summed E-state index contributed by atoms with van der Waals surface area (Å²) in [5.41, 5.74) is 1.57. The number of rotatable bonds is 5. The largest absolute Gasteiger partial charge is 0.374 e. The molecule has 3 aromatic rings. The first-order valence-corrected chi connectivity index (χ1v) is 9.01. The molecule has 0 saturated heterocycles. The molecule has 1 aliphatic rings. The van der Waals surface area contributed by atoms with Gasteiger partial charge in [-0.25, -0.2) is 0 Å². The van der Waals surface area contributed by atoms with Gasteiger partial charge >= 0.3 is 0 Å². The molecule has 0 fully saturated rings. The second-order valence-electron chi connectivity index (χ2n) is 6.78. The van der Waals surface area contributed by atoms with Crippen molar-refractivity contribution in [3.8, 4) is 0 Å². The van der Waals surface area contributed by atoms with Gasteiger partial charge in [0.05, 0.1) is 12.2 Å². The zero-order valence-electron chi connectivity index (χ0n) is 15.0. The highest BCUT2D eigenvalue weighted by molar-refractivity contribution is 6.07. The van der Waals surface area contributed by atoms with E-state index in [9.17, 15) is 9.90 Å². The van der Waals surface area contributed by atoms with Crippen LogP contribution in [0.2, 0.25) is 0 Å². The van der Waals surface area contributed by atoms with Gasteiger partial charge in [-0.05, 0) is 17.2 Å². The Hall–Kier alpha value is -3.17. The molecule has 1 heterocycles. The lowest BCUT2D eigenvalue weighted by Gasteiger charge is -2.30. The van der Waals surface area contributed by atoms with E-state index in [1.807, 2.05) is 84.9 Å². The second kappa shape index (κ2) is 6.86. The second-order valence-corrected chi connectivity index (χ2v) is 6.78. The maximum Gasteiger partial charge on any atom is 0.264 e. The van der Waals surface area contributed by atoms with Gasteiger partial charge in [0.25, 0.3) is 5.91 Å². The highest BCUT2D eigenvalue weighted by Crippen LogP contribution is 2.49. The van der Waals surface area contributed by atoms with Gasteiger partial charge in [0.2, 0.25) is 0 Å². The van der Waals surface area contributed by atoms with Crippen LogP contribution in [-0.2, 0) is 16.9 Å². The summed E-state index contributed by atoms with van der Waals surface area (Å²) in [7, 11) is 0. The molecule has 0 unspecified atom stereocenters. The summed E-state index contributed by atoms with van der Waals surface area (Å²) in [6.07, 6.45) is 1.66. The number of para-hydroxylation sites is 1. The third kappa shape index (κ3) is 2.77. The van der Waals surface area contributed by atoms with Crippen molar-refractivity contribution in [3.05, 3.63) is 114 Å². The SMILES string of the molecule is C=C[C@H](c1ccccc1)[C@]1(O)C(=O)N(Cc2ccccc2)c2ccccc21. The van der Waals surface area contributed by atoms with Crippen LogP contribution in [0.3, 0.4) is 0 Å². The van der Waals surface area contributed by atoms with Crippen LogP contribution in [0.15, 0.2) is 97.6 Å². The Morgan fingerprint density at radius 2 is 1.52 bits per heavy atom. The van der Waals surface area contributed by atoms with E-state index in [0.717, 1.165) is 16.8 Å². The Bertz CT molecular complexity index is 968. The summed E-state index contributed by atoms with van der Waals surface area (Å²) < 4.78 is 0. The number of nitrogens with zero attached hydrogens (tertiary/aromatic N) is 1. The fourth-order valence-corrected chi connectivity index (χ4v) is 3.89. The van der Waals surface area contributed by atoms with E-state index in [4.69, 9.17) is 0 Å². The molecule has 0 radical (unpaired) electrons. The molecule has 0 spiro atoms. The average Bonchev–Trinajstić information content (AvgIpc) is 2.93. The van der Waals surface area contributed by atoms with Crippen molar-refractivity contribution in [1.29, 1.82) is 0 Å². The van der Waals surface area contributed by atoms with Gasteiger partial charge in [0.15, 0.2) is 5.60 Å². The van der Waals surface area contributed by atoms with Crippen molar-refractivity contribution in [3.63, 3.8) is 0 Å². The van der Waals surface area contributed by atoms with E-state index < -0.39 is 11.5 Å². The molecule has 0 aromatic heterocycles. The van der Waals surface area contributed by atoms with Crippen LogP contribution in [0.25, 0.3) is 0 Å². The first-order valence-electron chi connectivity index (χ1n) is 9.01. The summed E-state index contributed by atoms with van der Waals surface area (Å²) in [5, 5.41) is 11.7. The third-order valence-corrected chi connectivity index (χ3v) is 5.20. The maximum absolute atomic E-state index is 13.5. The van der Waals surface area contributed by atoms with Crippen molar-refractivity contribution in [2.45, 2.75) is 18.1 Å². The Morgan fingerprint density at radius 1 is 0.926 bits per heavy atom. The molecular formula is C24H21NO2. The van der Waals surface area contributed by atoms with E-state index in [-0.39, 0.29) is 5.91 Å². The quantitative estimate of drug-likeness (QED) is 0.690. The first-order chi connectivity index (χ1) is 13.2. The van der Waals surface area contributed by atoms with E-state index in [1.54, 1.807) is 11.0 Å². The van der Waals surface area contributed by atoms with Gasteiger partial charge in [-0.2, -0.15) is 0 Å². The van der Waals surface area contributed by atoms with Gasteiger partial charge in [0, 0.05) is 11.5 Å². The van der Waals surface area contributed by atoms with Crippen molar-refractivity contribution < 1.29 is 9.90 Å². The summed E-state index contributed by atoms with van der Waals surface area (Å²) in [6.45, 7) is 4.33. The molecule has 134 valence electrons. The number of amides is 1. The maximum atomic E-state index is 13.5. The fourth-order valence-electron chi connectivity index (χ4n) is 3.89. The molecule has 27 heavy (non-hydrogen) atoms. The number of benzene rings is 3. The fraction of sp³-hybridized carbons (Fsp3) is 0.125. The van der Waals surface area contributed by atoms with Gasteiger partial charge in [-0.1, -0.05) is 84.9 Å². The van der Waals surface area contributed by atoms with Crippen LogP contribution in [0.4, 0.5) is 5.69 Å². The van der Waals surface area contributed by atoms with Crippen molar-refractivity contribution in [1.82, 2.24) is 0 Å². The monoisotopic (exact) mass is 355 g/mol. The third-order valence-electron chi connectivity index (χ3n) is 5.20. The topological polar surface area (TPSA) is 40.5 Å². The van der Waals surface area contributed by atoms with Crippen molar-refractivity contribution >= 4 is 11.6 Å². The number of aliphatic hydroxyl groups is 1. The predicted molar refractivity (Wildman–Crippen MR) is 107 cm³/mol. The molecule has 1 aliphatic heterocycles. The molecule has 3 aromatic carbocycles. The summed E-state index contributed by atoms with van der Waals surface area (Å²) in [5.74, 6) is -0.852. The predicted octanol–water partition coefficient (Wildman–Crippen LogP) is 4.39. The number of carbonyl (C=O) groups is 1. The zero-order valence-corrected chi connectivity index (χ0v) is 15.0. The molecular weight excluding hydrogens is 334 g/mol. The summed E-state index contributed by atoms with van der Waals surface area (Å²) in [4.78, 5) is 15.2. The normalized spacial score (nSPS) is 19.6. The molecule has 3 nitrogen and oxygen atoms in total. The van der Waals surface area contributed by atoms with Gasteiger partial charge in [-0.3, -0.25) is 4.79 Å². The lowest BCUT2D eigenvalue weighted by atomic mass is 9.78. The molecule has 1 amide bonds. The van der Waals surface area contributed by atoms with Gasteiger partial charge in [-0.15, -0.1) is 6.58 Å². The summed E-state index contributed by atoms with van der Waals surface area (Å²) in [6, 6.07) is 26.8. The van der Waals surface area contributed by atoms with E-state index in [1.165, 1.54) is 0 Å². The smallest absolute Gasteiger partial charge is 0.264 e. The number of anilines is 1. The molecule has 0 bridgehead atoms. The van der Waals surface area contributed by atoms with Crippen molar-refractivity contribution in [2.24, 2.45) is 0 Å². The lowest BCUT2D eigenvalue weighted by molar-refractivity contribution is -0.137. The van der Waals surface area contributed by atoms with Crippen LogP contribution in [0.5, 0.6) is 0 Å².